The van der Waals surface area contributed by atoms with E-state index in [0.29, 0.717) is 12.1 Å². The van der Waals surface area contributed by atoms with Crippen LogP contribution in [0.5, 0.6) is 0 Å². The molecule has 0 aliphatic carbocycles. The van der Waals surface area contributed by atoms with E-state index in [1.807, 2.05) is 0 Å². The number of nitrogens with zero attached hydrogens (tertiary/aromatic N) is 2. The van der Waals surface area contributed by atoms with Crippen LogP contribution in [0.4, 0.5) is 19.0 Å². The molecule has 0 bridgehead atoms. The Labute approximate surface area is 110 Å². The smallest absolute Gasteiger partial charge is 0.262 e. The van der Waals surface area contributed by atoms with Gasteiger partial charge in [0.15, 0.2) is 5.82 Å². The van der Waals surface area contributed by atoms with Crippen LogP contribution in [-0.2, 0) is 0 Å². The van der Waals surface area contributed by atoms with Gasteiger partial charge in [-0.05, 0) is 0 Å². The van der Waals surface area contributed by atoms with Gasteiger partial charge in [0.1, 0.15) is 28.2 Å². The fraction of sp³-hybridized carbons (Fsp3) is 0. The molecule has 1 amide bonds. The monoisotopic (exact) mass is 287 g/mol. The summed E-state index contributed by atoms with van der Waals surface area (Å²) >= 11 is 5.53. The third-order valence-corrected chi connectivity index (χ3v) is 2.26. The molecule has 0 spiro atoms. The number of halogens is 4. The molecule has 1 aromatic carbocycles. The van der Waals surface area contributed by atoms with Crippen molar-refractivity contribution >= 4 is 23.3 Å². The molecule has 1 N–H and O–H groups in total. The summed E-state index contributed by atoms with van der Waals surface area (Å²) in [5.74, 6) is -4.95. The van der Waals surface area contributed by atoms with Gasteiger partial charge >= 0.3 is 0 Å². The highest BCUT2D eigenvalue weighted by Gasteiger charge is 2.19. The van der Waals surface area contributed by atoms with E-state index in [2.05, 4.69) is 15.3 Å². The van der Waals surface area contributed by atoms with Crippen LogP contribution in [0, 0.1) is 17.5 Å². The molecule has 4 nitrogen and oxygen atoms in total. The van der Waals surface area contributed by atoms with Crippen molar-refractivity contribution in [2.24, 2.45) is 0 Å². The molecule has 0 saturated heterocycles. The molecule has 0 unspecified atom stereocenters. The standard InChI is InChI=1S/C11H5ClF3N3O/c12-8-3-16-4-9(17-8)18-11(19)10-6(14)1-5(13)2-7(10)15/h1-4H,(H,17,18,19). The van der Waals surface area contributed by atoms with Gasteiger partial charge in [0.25, 0.3) is 5.91 Å². The second-order valence-electron chi connectivity index (χ2n) is 3.43. The molecule has 0 aliphatic heterocycles. The first-order valence-corrected chi connectivity index (χ1v) is 5.28. The molecule has 0 aliphatic rings. The molecule has 2 rings (SSSR count). The zero-order chi connectivity index (χ0) is 14.0. The van der Waals surface area contributed by atoms with Crippen LogP contribution in [-0.4, -0.2) is 15.9 Å². The SMILES string of the molecule is O=C(Nc1cncc(Cl)n1)c1c(F)cc(F)cc1F. The van der Waals surface area contributed by atoms with Gasteiger partial charge in [0.2, 0.25) is 0 Å². The molecule has 8 heteroatoms. The van der Waals surface area contributed by atoms with Gasteiger partial charge in [-0.2, -0.15) is 0 Å². The van der Waals surface area contributed by atoms with Crippen LogP contribution in [0.25, 0.3) is 0 Å². The summed E-state index contributed by atoms with van der Waals surface area (Å²) in [4.78, 5) is 19.0. The van der Waals surface area contributed by atoms with Gasteiger partial charge in [-0.25, -0.2) is 18.2 Å². The Hall–Kier alpha value is -2.15. The number of anilines is 1. The molecule has 98 valence electrons. The van der Waals surface area contributed by atoms with Gasteiger partial charge in [0, 0.05) is 12.1 Å². The molecule has 0 saturated carbocycles. The number of hydrogen-bond acceptors (Lipinski definition) is 3. The molecule has 19 heavy (non-hydrogen) atoms. The van der Waals surface area contributed by atoms with E-state index in [-0.39, 0.29) is 11.0 Å². The van der Waals surface area contributed by atoms with Crippen molar-refractivity contribution in [1.82, 2.24) is 9.97 Å². The van der Waals surface area contributed by atoms with Crippen molar-refractivity contribution in [3.63, 3.8) is 0 Å². The third-order valence-electron chi connectivity index (χ3n) is 2.08. The van der Waals surface area contributed by atoms with Crippen LogP contribution in [0.15, 0.2) is 24.5 Å². The van der Waals surface area contributed by atoms with Crippen LogP contribution >= 0.6 is 11.6 Å². The quantitative estimate of drug-likeness (QED) is 0.924. The Morgan fingerprint density at radius 2 is 1.79 bits per heavy atom. The number of nitrogens with one attached hydrogen (secondary N) is 1. The molecular formula is C11H5ClF3N3O. The van der Waals surface area contributed by atoms with E-state index in [1.165, 1.54) is 6.20 Å². The van der Waals surface area contributed by atoms with Gasteiger partial charge in [0.05, 0.1) is 12.4 Å². The minimum absolute atomic E-state index is 0.00199. The molecule has 0 atom stereocenters. The lowest BCUT2D eigenvalue weighted by Crippen LogP contribution is -2.17. The zero-order valence-electron chi connectivity index (χ0n) is 9.12. The first kappa shape index (κ1) is 13.3. The summed E-state index contributed by atoms with van der Waals surface area (Å²) in [5.41, 5.74) is -0.914. The largest absolute Gasteiger partial charge is 0.305 e. The fourth-order valence-corrected chi connectivity index (χ4v) is 1.49. The van der Waals surface area contributed by atoms with Crippen LogP contribution in [0.3, 0.4) is 0 Å². The average Bonchev–Trinajstić information content (AvgIpc) is 2.27. The van der Waals surface area contributed by atoms with E-state index in [4.69, 9.17) is 11.6 Å². The fourth-order valence-electron chi connectivity index (χ4n) is 1.34. The van der Waals surface area contributed by atoms with Crippen molar-refractivity contribution in [1.29, 1.82) is 0 Å². The Bertz CT molecular complexity index is 628. The molecule has 1 heterocycles. The normalized spacial score (nSPS) is 10.3. The maximum atomic E-state index is 13.3. The highest BCUT2D eigenvalue weighted by atomic mass is 35.5. The lowest BCUT2D eigenvalue weighted by molar-refractivity contribution is 0.101. The van der Waals surface area contributed by atoms with Crippen molar-refractivity contribution in [3.05, 3.63) is 52.7 Å². The van der Waals surface area contributed by atoms with E-state index in [0.717, 1.165) is 6.20 Å². The van der Waals surface area contributed by atoms with Crippen LogP contribution < -0.4 is 5.32 Å². The third kappa shape index (κ3) is 3.00. The maximum absolute atomic E-state index is 13.3. The first-order valence-electron chi connectivity index (χ1n) is 4.91. The topological polar surface area (TPSA) is 54.9 Å². The Morgan fingerprint density at radius 1 is 1.16 bits per heavy atom. The Balaban J connectivity index is 2.31. The number of carbonyl (C=O) groups excluding carboxylic acids is 1. The van der Waals surface area contributed by atoms with E-state index in [9.17, 15) is 18.0 Å². The molecule has 2 aromatic rings. The van der Waals surface area contributed by atoms with Gasteiger partial charge in [-0.15, -0.1) is 0 Å². The summed E-state index contributed by atoms with van der Waals surface area (Å²) in [6.07, 6.45) is 2.36. The minimum Gasteiger partial charge on any atom is -0.305 e. The van der Waals surface area contributed by atoms with Crippen molar-refractivity contribution in [2.75, 3.05) is 5.32 Å². The zero-order valence-corrected chi connectivity index (χ0v) is 9.88. The predicted molar refractivity (Wildman–Crippen MR) is 61.3 cm³/mol. The summed E-state index contributed by atoms with van der Waals surface area (Å²) in [7, 11) is 0. The van der Waals surface area contributed by atoms with Gasteiger partial charge in [-0.3, -0.25) is 9.78 Å². The van der Waals surface area contributed by atoms with Crippen molar-refractivity contribution < 1.29 is 18.0 Å². The predicted octanol–water partition coefficient (Wildman–Crippen LogP) is 2.80. The number of hydrogen-bond donors (Lipinski definition) is 1. The Morgan fingerprint density at radius 3 is 2.37 bits per heavy atom. The molecular weight excluding hydrogens is 283 g/mol. The summed E-state index contributed by atoms with van der Waals surface area (Å²) in [5, 5.41) is 2.10. The lowest BCUT2D eigenvalue weighted by Gasteiger charge is -2.06. The molecule has 1 aromatic heterocycles. The highest BCUT2D eigenvalue weighted by Crippen LogP contribution is 2.16. The van der Waals surface area contributed by atoms with E-state index < -0.39 is 28.9 Å². The van der Waals surface area contributed by atoms with Gasteiger partial charge in [-0.1, -0.05) is 11.6 Å². The van der Waals surface area contributed by atoms with E-state index >= 15 is 0 Å². The van der Waals surface area contributed by atoms with Crippen LogP contribution in [0.2, 0.25) is 5.15 Å². The number of carbonyl (C=O) groups is 1. The summed E-state index contributed by atoms with van der Waals surface area (Å²) < 4.78 is 39.4. The Kier molecular flexibility index (Phi) is 3.66. The van der Waals surface area contributed by atoms with Crippen LogP contribution in [0.1, 0.15) is 10.4 Å². The summed E-state index contributed by atoms with van der Waals surface area (Å²) in [6, 6.07) is 0.809. The minimum atomic E-state index is -1.31. The number of benzene rings is 1. The summed E-state index contributed by atoms with van der Waals surface area (Å²) in [6.45, 7) is 0. The number of aromatic nitrogens is 2. The first-order chi connectivity index (χ1) is 8.97. The lowest BCUT2D eigenvalue weighted by atomic mass is 10.2. The van der Waals surface area contributed by atoms with Crippen molar-refractivity contribution in [2.45, 2.75) is 0 Å². The number of rotatable bonds is 2. The van der Waals surface area contributed by atoms with Gasteiger partial charge < -0.3 is 5.32 Å². The number of amides is 1. The second-order valence-corrected chi connectivity index (χ2v) is 3.81. The van der Waals surface area contributed by atoms with E-state index in [1.54, 1.807) is 0 Å². The second kappa shape index (κ2) is 5.23. The maximum Gasteiger partial charge on any atom is 0.262 e. The average molecular weight is 288 g/mol. The highest BCUT2D eigenvalue weighted by molar-refractivity contribution is 6.29. The molecule has 0 fully saturated rings. The molecule has 0 radical (unpaired) electrons. The van der Waals surface area contributed by atoms with Crippen molar-refractivity contribution in [3.8, 4) is 0 Å².